The number of para-hydroxylation sites is 3. The van der Waals surface area contributed by atoms with E-state index in [1.54, 1.807) is 0 Å². The maximum absolute atomic E-state index is 5.51. The summed E-state index contributed by atoms with van der Waals surface area (Å²) < 4.78 is 2.39. The van der Waals surface area contributed by atoms with E-state index in [0.29, 0.717) is 17.5 Å². The molecule has 2 heterocycles. The topological polar surface area (TPSA) is 43.6 Å². The van der Waals surface area contributed by atoms with Crippen molar-refractivity contribution in [3.63, 3.8) is 0 Å². The fraction of sp³-hybridized carbons (Fsp3) is 0. The van der Waals surface area contributed by atoms with Gasteiger partial charge in [-0.3, -0.25) is 0 Å². The second-order valence-electron chi connectivity index (χ2n) is 15.5. The van der Waals surface area contributed by atoms with Crippen molar-refractivity contribution in [3.05, 3.63) is 218 Å². The van der Waals surface area contributed by atoms with Crippen molar-refractivity contribution in [2.45, 2.75) is 0 Å². The molecule has 0 fully saturated rings. The molecule has 0 atom stereocenters. The number of rotatable bonds is 6. The van der Waals surface area contributed by atoms with Gasteiger partial charge in [-0.2, -0.15) is 0 Å². The fourth-order valence-electron chi connectivity index (χ4n) is 9.23. The molecule has 2 aromatic heterocycles. The van der Waals surface area contributed by atoms with Crippen molar-refractivity contribution in [2.75, 3.05) is 0 Å². The number of nitrogens with zero attached hydrogens (tertiary/aromatic N) is 4. The van der Waals surface area contributed by atoms with E-state index in [-0.39, 0.29) is 0 Å². The Morgan fingerprint density at radius 1 is 0.295 bits per heavy atom. The Bertz CT molecular complexity index is 3630. The van der Waals surface area contributed by atoms with Crippen LogP contribution in [-0.4, -0.2) is 19.5 Å². The van der Waals surface area contributed by atoms with Gasteiger partial charge in [-0.15, -0.1) is 0 Å². The van der Waals surface area contributed by atoms with Crippen LogP contribution < -0.4 is 0 Å². The first kappa shape index (κ1) is 34.8. The van der Waals surface area contributed by atoms with Crippen LogP contribution in [0.5, 0.6) is 0 Å². The normalized spacial score (nSPS) is 11.6. The predicted molar refractivity (Wildman–Crippen MR) is 254 cm³/mol. The largest absolute Gasteiger partial charge is 0.309 e. The van der Waals surface area contributed by atoms with Gasteiger partial charge < -0.3 is 4.57 Å². The summed E-state index contributed by atoms with van der Waals surface area (Å²) in [5.41, 5.74) is 10.7. The van der Waals surface area contributed by atoms with Gasteiger partial charge in [0.05, 0.1) is 11.0 Å². The molecule has 0 aliphatic carbocycles. The second kappa shape index (κ2) is 14.3. The summed E-state index contributed by atoms with van der Waals surface area (Å²) in [6, 6.07) is 77.5. The second-order valence-corrected chi connectivity index (χ2v) is 15.5. The van der Waals surface area contributed by atoms with Crippen molar-refractivity contribution in [3.8, 4) is 62.1 Å². The summed E-state index contributed by atoms with van der Waals surface area (Å²) in [5, 5.41) is 9.30. The molecule has 0 spiro atoms. The lowest BCUT2D eigenvalue weighted by Crippen LogP contribution is -2.02. The van der Waals surface area contributed by atoms with E-state index in [4.69, 9.17) is 15.0 Å². The molecule has 284 valence electrons. The van der Waals surface area contributed by atoms with Gasteiger partial charge in [-0.25, -0.2) is 15.0 Å². The van der Waals surface area contributed by atoms with E-state index in [9.17, 15) is 0 Å². The van der Waals surface area contributed by atoms with E-state index in [1.165, 1.54) is 26.9 Å². The van der Waals surface area contributed by atoms with E-state index in [1.807, 2.05) is 6.07 Å². The number of hydrogen-bond donors (Lipinski definition) is 0. The number of aromatic nitrogens is 4. The average molecular weight is 777 g/mol. The highest BCUT2D eigenvalue weighted by Crippen LogP contribution is 2.43. The maximum Gasteiger partial charge on any atom is 0.165 e. The molecular formula is C57H36N4. The van der Waals surface area contributed by atoms with E-state index >= 15 is 0 Å². The Kier molecular flexibility index (Phi) is 8.13. The highest BCUT2D eigenvalue weighted by Gasteiger charge is 2.22. The molecule has 0 aliphatic heterocycles. The van der Waals surface area contributed by atoms with Gasteiger partial charge in [0.1, 0.15) is 0 Å². The van der Waals surface area contributed by atoms with Gasteiger partial charge in [0.2, 0.25) is 0 Å². The van der Waals surface area contributed by atoms with Crippen molar-refractivity contribution in [1.29, 1.82) is 0 Å². The first-order valence-corrected chi connectivity index (χ1v) is 20.7. The molecule has 61 heavy (non-hydrogen) atoms. The van der Waals surface area contributed by atoms with E-state index in [0.717, 1.165) is 71.8 Å². The molecule has 0 unspecified atom stereocenters. The van der Waals surface area contributed by atoms with Crippen LogP contribution in [0.15, 0.2) is 218 Å². The van der Waals surface area contributed by atoms with Crippen LogP contribution in [0, 0.1) is 0 Å². The SMILES string of the molecule is c1ccc(-c2ccc(-c3nc(-c4ccccc4-c4cccc5c6ccccc6n(-c6ccccc6)c45)nc(-c4c5ccccc5cc5c4ccc4ccccc45)n3)cc2)cc1. The summed E-state index contributed by atoms with van der Waals surface area (Å²) in [4.78, 5) is 16.3. The Balaban J connectivity index is 1.14. The van der Waals surface area contributed by atoms with Crippen LogP contribution in [0.25, 0.3) is 116 Å². The van der Waals surface area contributed by atoms with Crippen LogP contribution in [0.4, 0.5) is 0 Å². The zero-order chi connectivity index (χ0) is 40.3. The zero-order valence-corrected chi connectivity index (χ0v) is 33.1. The molecule has 0 saturated carbocycles. The molecule has 0 aliphatic rings. The first-order valence-electron chi connectivity index (χ1n) is 20.7. The zero-order valence-electron chi connectivity index (χ0n) is 33.1. The Morgan fingerprint density at radius 2 is 0.869 bits per heavy atom. The van der Waals surface area contributed by atoms with Gasteiger partial charge in [-0.1, -0.05) is 194 Å². The molecule has 4 heteroatoms. The third kappa shape index (κ3) is 5.80. The van der Waals surface area contributed by atoms with Crippen LogP contribution in [-0.2, 0) is 0 Å². The minimum atomic E-state index is 0.615. The lowest BCUT2D eigenvalue weighted by Gasteiger charge is -2.16. The molecule has 12 aromatic rings. The fourth-order valence-corrected chi connectivity index (χ4v) is 9.23. The third-order valence-electron chi connectivity index (χ3n) is 12.0. The van der Waals surface area contributed by atoms with Crippen molar-refractivity contribution >= 4 is 54.1 Å². The van der Waals surface area contributed by atoms with E-state index < -0.39 is 0 Å². The van der Waals surface area contributed by atoms with Crippen LogP contribution in [0.2, 0.25) is 0 Å². The maximum atomic E-state index is 5.51. The average Bonchev–Trinajstić information content (AvgIpc) is 3.68. The van der Waals surface area contributed by atoms with Gasteiger partial charge in [0.25, 0.3) is 0 Å². The summed E-state index contributed by atoms with van der Waals surface area (Å²) >= 11 is 0. The molecule has 10 aromatic carbocycles. The molecular weight excluding hydrogens is 741 g/mol. The highest BCUT2D eigenvalue weighted by molar-refractivity contribution is 6.20. The molecule has 0 N–H and O–H groups in total. The third-order valence-corrected chi connectivity index (χ3v) is 12.0. The summed E-state index contributed by atoms with van der Waals surface area (Å²) in [5.74, 6) is 1.87. The molecule has 4 nitrogen and oxygen atoms in total. The van der Waals surface area contributed by atoms with Gasteiger partial charge in [0.15, 0.2) is 17.5 Å². The predicted octanol–water partition coefficient (Wildman–Crippen LogP) is 14.8. The number of benzene rings is 10. The monoisotopic (exact) mass is 776 g/mol. The molecule has 0 bridgehead atoms. The Hall–Kier alpha value is -8.21. The van der Waals surface area contributed by atoms with E-state index in [2.05, 4.69) is 217 Å². The van der Waals surface area contributed by atoms with Crippen LogP contribution in [0.1, 0.15) is 0 Å². The van der Waals surface area contributed by atoms with Gasteiger partial charge in [0, 0.05) is 38.7 Å². The van der Waals surface area contributed by atoms with Crippen molar-refractivity contribution in [2.24, 2.45) is 0 Å². The standard InChI is InChI=1S/C57H36N4/c1-3-16-37(17-4-1)38-30-32-40(33-31-38)55-58-56(60-57(59-55)53-44-23-10-8-19-41(44)36-51-43-22-9-7-18-39(43)34-35-47(51)53)50-26-12-11-24-45(50)48-27-15-28-49-46-25-13-14-29-52(46)61(54(48)49)42-20-5-2-6-21-42/h1-36H. The molecule has 12 rings (SSSR count). The minimum Gasteiger partial charge on any atom is -0.309 e. The summed E-state index contributed by atoms with van der Waals surface area (Å²) in [6.07, 6.45) is 0. The lowest BCUT2D eigenvalue weighted by molar-refractivity contribution is 1.08. The molecule has 0 radical (unpaired) electrons. The molecule has 0 saturated heterocycles. The van der Waals surface area contributed by atoms with Crippen LogP contribution >= 0.6 is 0 Å². The highest BCUT2D eigenvalue weighted by atomic mass is 15.0. The number of hydrogen-bond acceptors (Lipinski definition) is 3. The van der Waals surface area contributed by atoms with Gasteiger partial charge >= 0.3 is 0 Å². The van der Waals surface area contributed by atoms with Crippen LogP contribution in [0.3, 0.4) is 0 Å². The smallest absolute Gasteiger partial charge is 0.165 e. The minimum absolute atomic E-state index is 0.615. The Morgan fingerprint density at radius 3 is 1.69 bits per heavy atom. The van der Waals surface area contributed by atoms with Gasteiger partial charge in [-0.05, 0) is 73.3 Å². The lowest BCUT2D eigenvalue weighted by atomic mass is 9.92. The Labute approximate surface area is 352 Å². The number of fused-ring (bicyclic) bond motifs is 7. The quantitative estimate of drug-likeness (QED) is 0.125. The first-order chi connectivity index (χ1) is 30.3. The van der Waals surface area contributed by atoms with Crippen molar-refractivity contribution in [1.82, 2.24) is 19.5 Å². The van der Waals surface area contributed by atoms with Crippen molar-refractivity contribution < 1.29 is 0 Å². The molecule has 0 amide bonds. The summed E-state index contributed by atoms with van der Waals surface area (Å²) in [7, 11) is 0. The summed E-state index contributed by atoms with van der Waals surface area (Å²) in [6.45, 7) is 0.